The van der Waals surface area contributed by atoms with Crippen molar-refractivity contribution in [2.45, 2.75) is 18.9 Å². The van der Waals surface area contributed by atoms with Crippen molar-refractivity contribution in [1.29, 1.82) is 0 Å². The first-order valence-corrected chi connectivity index (χ1v) is 6.91. The molecular weight excluding hydrogens is 248 g/mol. The van der Waals surface area contributed by atoms with Gasteiger partial charge < -0.3 is 4.90 Å². The average Bonchev–Trinajstić information content (AvgIpc) is 3.23. The number of hydrogen-bond acceptors (Lipinski definition) is 2. The van der Waals surface area contributed by atoms with Crippen LogP contribution in [0, 0.1) is 0 Å². The van der Waals surface area contributed by atoms with E-state index >= 15 is 0 Å². The van der Waals surface area contributed by atoms with Crippen LogP contribution in [0.4, 0.5) is 0 Å². The molecule has 0 N–H and O–H groups in total. The maximum Gasteiger partial charge on any atom is 0.253 e. The fourth-order valence-corrected chi connectivity index (χ4v) is 2.63. The van der Waals surface area contributed by atoms with Gasteiger partial charge in [0.2, 0.25) is 0 Å². The summed E-state index contributed by atoms with van der Waals surface area (Å²) in [6.45, 7) is 3.73. The highest BCUT2D eigenvalue weighted by molar-refractivity contribution is 6.30. The first kappa shape index (κ1) is 12.0. The van der Waals surface area contributed by atoms with Crippen LogP contribution in [0.1, 0.15) is 23.2 Å². The van der Waals surface area contributed by atoms with Gasteiger partial charge in [0.25, 0.3) is 5.91 Å². The van der Waals surface area contributed by atoms with Crippen LogP contribution in [-0.4, -0.2) is 47.9 Å². The van der Waals surface area contributed by atoms with Crippen LogP contribution < -0.4 is 0 Å². The fourth-order valence-electron chi connectivity index (χ4n) is 2.50. The molecule has 0 bridgehead atoms. The predicted molar refractivity (Wildman–Crippen MR) is 72.0 cm³/mol. The lowest BCUT2D eigenvalue weighted by Gasteiger charge is -2.34. The molecule has 1 amide bonds. The maximum atomic E-state index is 12.3. The molecule has 18 heavy (non-hydrogen) atoms. The summed E-state index contributed by atoms with van der Waals surface area (Å²) < 4.78 is 0. The molecule has 1 aromatic carbocycles. The Kier molecular flexibility index (Phi) is 3.27. The molecule has 0 unspecified atom stereocenters. The monoisotopic (exact) mass is 264 g/mol. The van der Waals surface area contributed by atoms with Crippen LogP contribution in [0.2, 0.25) is 5.02 Å². The number of amides is 1. The highest BCUT2D eigenvalue weighted by atomic mass is 35.5. The molecule has 1 aliphatic carbocycles. The van der Waals surface area contributed by atoms with E-state index in [4.69, 9.17) is 11.6 Å². The molecule has 0 spiro atoms. The topological polar surface area (TPSA) is 23.6 Å². The summed E-state index contributed by atoms with van der Waals surface area (Å²) in [6, 6.07) is 7.96. The van der Waals surface area contributed by atoms with Crippen molar-refractivity contribution < 1.29 is 4.79 Å². The van der Waals surface area contributed by atoms with E-state index < -0.39 is 0 Å². The number of carbonyl (C=O) groups is 1. The summed E-state index contributed by atoms with van der Waals surface area (Å²) in [7, 11) is 0. The third kappa shape index (κ3) is 2.52. The molecule has 4 heteroatoms. The minimum atomic E-state index is 0.127. The predicted octanol–water partition coefficient (Wildman–Crippen LogP) is 2.26. The molecule has 96 valence electrons. The number of benzene rings is 1. The first-order valence-electron chi connectivity index (χ1n) is 6.53. The summed E-state index contributed by atoms with van der Waals surface area (Å²) in [5.41, 5.74) is 0.735. The molecule has 0 radical (unpaired) electrons. The third-order valence-electron chi connectivity index (χ3n) is 3.76. The van der Waals surface area contributed by atoms with E-state index in [9.17, 15) is 4.79 Å². The Balaban J connectivity index is 1.61. The van der Waals surface area contributed by atoms with Crippen molar-refractivity contribution in [2.24, 2.45) is 0 Å². The van der Waals surface area contributed by atoms with Gasteiger partial charge in [-0.25, -0.2) is 0 Å². The lowest BCUT2D eigenvalue weighted by Crippen LogP contribution is -2.49. The number of piperazine rings is 1. The van der Waals surface area contributed by atoms with Gasteiger partial charge in [-0.2, -0.15) is 0 Å². The third-order valence-corrected chi connectivity index (χ3v) is 4.01. The van der Waals surface area contributed by atoms with E-state index in [0.717, 1.165) is 37.8 Å². The SMILES string of the molecule is O=C(c1ccc(Cl)cc1)N1CCN(C2CC2)CC1. The molecule has 2 aliphatic rings. The van der Waals surface area contributed by atoms with Gasteiger partial charge in [-0.1, -0.05) is 11.6 Å². The number of rotatable bonds is 2. The van der Waals surface area contributed by atoms with Crippen LogP contribution >= 0.6 is 11.6 Å². The van der Waals surface area contributed by atoms with Crippen molar-refractivity contribution >= 4 is 17.5 Å². The van der Waals surface area contributed by atoms with Gasteiger partial charge in [0, 0.05) is 42.8 Å². The lowest BCUT2D eigenvalue weighted by molar-refractivity contribution is 0.0627. The zero-order valence-electron chi connectivity index (χ0n) is 10.3. The average molecular weight is 265 g/mol. The molecular formula is C14H17ClN2O. The summed E-state index contributed by atoms with van der Waals surface area (Å²) in [6.07, 6.45) is 2.68. The van der Waals surface area contributed by atoms with Gasteiger partial charge in [-0.05, 0) is 37.1 Å². The molecule has 3 rings (SSSR count). The molecule has 1 saturated carbocycles. The molecule has 1 heterocycles. The summed E-state index contributed by atoms with van der Waals surface area (Å²) in [5.74, 6) is 0.127. The number of nitrogens with zero attached hydrogens (tertiary/aromatic N) is 2. The van der Waals surface area contributed by atoms with Gasteiger partial charge in [0.05, 0.1) is 0 Å². The van der Waals surface area contributed by atoms with E-state index in [-0.39, 0.29) is 5.91 Å². The van der Waals surface area contributed by atoms with Gasteiger partial charge in [-0.3, -0.25) is 9.69 Å². The van der Waals surface area contributed by atoms with Crippen LogP contribution in [-0.2, 0) is 0 Å². The fraction of sp³-hybridized carbons (Fsp3) is 0.500. The van der Waals surface area contributed by atoms with E-state index in [1.54, 1.807) is 24.3 Å². The Labute approximate surface area is 112 Å². The van der Waals surface area contributed by atoms with Gasteiger partial charge in [-0.15, -0.1) is 0 Å². The summed E-state index contributed by atoms with van der Waals surface area (Å²) in [5, 5.41) is 0.671. The second kappa shape index (κ2) is 4.90. The smallest absolute Gasteiger partial charge is 0.253 e. The molecule has 1 aromatic rings. The Morgan fingerprint density at radius 1 is 1.06 bits per heavy atom. The van der Waals surface area contributed by atoms with Crippen LogP contribution in [0.5, 0.6) is 0 Å². The molecule has 2 fully saturated rings. The minimum Gasteiger partial charge on any atom is -0.336 e. The number of hydrogen-bond donors (Lipinski definition) is 0. The Hall–Kier alpha value is -1.06. The zero-order valence-corrected chi connectivity index (χ0v) is 11.1. The van der Waals surface area contributed by atoms with E-state index in [1.807, 2.05) is 4.90 Å². The van der Waals surface area contributed by atoms with Gasteiger partial charge in [0.15, 0.2) is 0 Å². The van der Waals surface area contributed by atoms with Crippen molar-refractivity contribution in [3.63, 3.8) is 0 Å². The Bertz CT molecular complexity index is 434. The minimum absolute atomic E-state index is 0.127. The summed E-state index contributed by atoms with van der Waals surface area (Å²) in [4.78, 5) is 16.7. The Morgan fingerprint density at radius 3 is 2.22 bits per heavy atom. The number of carbonyl (C=O) groups excluding carboxylic acids is 1. The van der Waals surface area contributed by atoms with Gasteiger partial charge in [0.1, 0.15) is 0 Å². The second-order valence-corrected chi connectivity index (χ2v) is 5.50. The Morgan fingerprint density at radius 2 is 1.67 bits per heavy atom. The highest BCUT2D eigenvalue weighted by Gasteiger charge is 2.32. The van der Waals surface area contributed by atoms with Crippen molar-refractivity contribution in [2.75, 3.05) is 26.2 Å². The normalized spacial score (nSPS) is 21.1. The molecule has 3 nitrogen and oxygen atoms in total. The van der Waals surface area contributed by atoms with Crippen molar-refractivity contribution in [3.05, 3.63) is 34.9 Å². The molecule has 1 saturated heterocycles. The second-order valence-electron chi connectivity index (χ2n) is 5.07. The van der Waals surface area contributed by atoms with E-state index in [0.29, 0.717) is 5.02 Å². The largest absolute Gasteiger partial charge is 0.336 e. The molecule has 0 aromatic heterocycles. The van der Waals surface area contributed by atoms with Crippen molar-refractivity contribution in [3.8, 4) is 0 Å². The zero-order chi connectivity index (χ0) is 12.5. The quantitative estimate of drug-likeness (QED) is 0.818. The standard InChI is InChI=1S/C14H17ClN2O/c15-12-3-1-11(2-4-12)14(18)17-9-7-16(8-10-17)13-5-6-13/h1-4,13H,5-10H2. The number of halogens is 1. The highest BCUT2D eigenvalue weighted by Crippen LogP contribution is 2.27. The van der Waals surface area contributed by atoms with Crippen LogP contribution in [0.25, 0.3) is 0 Å². The lowest BCUT2D eigenvalue weighted by atomic mass is 10.2. The van der Waals surface area contributed by atoms with Gasteiger partial charge >= 0.3 is 0 Å². The molecule has 0 atom stereocenters. The van der Waals surface area contributed by atoms with Crippen molar-refractivity contribution in [1.82, 2.24) is 9.80 Å². The van der Waals surface area contributed by atoms with Crippen LogP contribution in [0.15, 0.2) is 24.3 Å². The molecule has 1 aliphatic heterocycles. The van der Waals surface area contributed by atoms with E-state index in [1.165, 1.54) is 12.8 Å². The maximum absolute atomic E-state index is 12.3. The van der Waals surface area contributed by atoms with E-state index in [2.05, 4.69) is 4.90 Å². The van der Waals surface area contributed by atoms with Crippen LogP contribution in [0.3, 0.4) is 0 Å². The first-order chi connectivity index (χ1) is 8.74. The summed E-state index contributed by atoms with van der Waals surface area (Å²) >= 11 is 5.83.